The number of ether oxygens (including phenoxy) is 1. The first kappa shape index (κ1) is 15.2. The fourth-order valence-corrected chi connectivity index (χ4v) is 3.13. The molecular formula is C16H24N4O2. The molecule has 1 aromatic heterocycles. The first-order valence-electron chi connectivity index (χ1n) is 8.08. The SMILES string of the molecule is NC1CCC(NC(=O)c2cccnc2N2CCOCC2)CC1. The zero-order chi connectivity index (χ0) is 15.4. The Morgan fingerprint density at radius 3 is 2.73 bits per heavy atom. The number of aromatic nitrogens is 1. The largest absolute Gasteiger partial charge is 0.378 e. The number of anilines is 1. The third-order valence-electron chi connectivity index (χ3n) is 4.45. The average Bonchev–Trinajstić information content (AvgIpc) is 2.58. The molecule has 1 aliphatic heterocycles. The molecule has 1 saturated heterocycles. The molecule has 120 valence electrons. The van der Waals surface area contributed by atoms with Crippen LogP contribution in [-0.4, -0.2) is 49.3 Å². The summed E-state index contributed by atoms with van der Waals surface area (Å²) in [5, 5.41) is 3.14. The maximum Gasteiger partial charge on any atom is 0.255 e. The molecule has 1 amide bonds. The summed E-state index contributed by atoms with van der Waals surface area (Å²) in [7, 11) is 0. The van der Waals surface area contributed by atoms with Gasteiger partial charge in [-0.05, 0) is 37.8 Å². The Balaban J connectivity index is 1.69. The summed E-state index contributed by atoms with van der Waals surface area (Å²) in [5.41, 5.74) is 6.57. The summed E-state index contributed by atoms with van der Waals surface area (Å²) < 4.78 is 5.37. The van der Waals surface area contributed by atoms with Crippen molar-refractivity contribution in [2.24, 2.45) is 5.73 Å². The van der Waals surface area contributed by atoms with Crippen molar-refractivity contribution in [3.63, 3.8) is 0 Å². The van der Waals surface area contributed by atoms with E-state index in [1.54, 1.807) is 6.20 Å². The van der Waals surface area contributed by atoms with Crippen LogP contribution >= 0.6 is 0 Å². The van der Waals surface area contributed by atoms with Gasteiger partial charge in [-0.15, -0.1) is 0 Å². The highest BCUT2D eigenvalue weighted by molar-refractivity contribution is 5.99. The molecule has 0 bridgehead atoms. The van der Waals surface area contributed by atoms with Crippen LogP contribution in [0, 0.1) is 0 Å². The Kier molecular flexibility index (Phi) is 4.90. The van der Waals surface area contributed by atoms with Crippen molar-refractivity contribution < 1.29 is 9.53 Å². The van der Waals surface area contributed by atoms with Crippen LogP contribution in [0.25, 0.3) is 0 Å². The van der Waals surface area contributed by atoms with Crippen LogP contribution in [0.1, 0.15) is 36.0 Å². The molecule has 1 aromatic rings. The number of nitrogens with zero attached hydrogens (tertiary/aromatic N) is 2. The number of nitrogens with two attached hydrogens (primary N) is 1. The van der Waals surface area contributed by atoms with Crippen LogP contribution in [-0.2, 0) is 4.74 Å². The Morgan fingerprint density at radius 2 is 2.00 bits per heavy atom. The smallest absolute Gasteiger partial charge is 0.255 e. The predicted octanol–water partition coefficient (Wildman–Crippen LogP) is 0.918. The van der Waals surface area contributed by atoms with Crippen LogP contribution < -0.4 is 16.0 Å². The van der Waals surface area contributed by atoms with E-state index in [2.05, 4.69) is 15.2 Å². The summed E-state index contributed by atoms with van der Waals surface area (Å²) in [6.07, 6.45) is 5.62. The molecule has 0 atom stereocenters. The molecule has 2 heterocycles. The molecule has 6 heteroatoms. The summed E-state index contributed by atoms with van der Waals surface area (Å²) in [6.45, 7) is 2.90. The first-order chi connectivity index (χ1) is 10.7. The van der Waals surface area contributed by atoms with Gasteiger partial charge in [0.2, 0.25) is 0 Å². The lowest BCUT2D eigenvalue weighted by Crippen LogP contribution is -2.42. The normalized spacial score (nSPS) is 25.8. The number of hydrogen-bond acceptors (Lipinski definition) is 5. The lowest BCUT2D eigenvalue weighted by atomic mass is 9.91. The van der Waals surface area contributed by atoms with Crippen LogP contribution in [0.15, 0.2) is 18.3 Å². The van der Waals surface area contributed by atoms with Crippen molar-refractivity contribution >= 4 is 11.7 Å². The maximum absolute atomic E-state index is 12.6. The zero-order valence-electron chi connectivity index (χ0n) is 12.8. The molecule has 3 rings (SSSR count). The third-order valence-corrected chi connectivity index (χ3v) is 4.45. The van der Waals surface area contributed by atoms with Gasteiger partial charge in [-0.25, -0.2) is 4.98 Å². The second-order valence-corrected chi connectivity index (χ2v) is 6.06. The van der Waals surface area contributed by atoms with Gasteiger partial charge in [-0.3, -0.25) is 4.79 Å². The van der Waals surface area contributed by atoms with E-state index in [0.29, 0.717) is 18.8 Å². The van der Waals surface area contributed by atoms with Crippen molar-refractivity contribution in [3.05, 3.63) is 23.9 Å². The Morgan fingerprint density at radius 1 is 1.27 bits per heavy atom. The van der Waals surface area contributed by atoms with Crippen molar-refractivity contribution in [1.82, 2.24) is 10.3 Å². The quantitative estimate of drug-likeness (QED) is 0.868. The minimum Gasteiger partial charge on any atom is -0.378 e. The molecule has 1 aliphatic carbocycles. The monoisotopic (exact) mass is 304 g/mol. The van der Waals surface area contributed by atoms with Gasteiger partial charge >= 0.3 is 0 Å². The van der Waals surface area contributed by atoms with E-state index < -0.39 is 0 Å². The van der Waals surface area contributed by atoms with E-state index in [4.69, 9.17) is 10.5 Å². The van der Waals surface area contributed by atoms with E-state index in [1.807, 2.05) is 12.1 Å². The summed E-state index contributed by atoms with van der Waals surface area (Å²) in [5.74, 6) is 0.728. The molecule has 3 N–H and O–H groups in total. The van der Waals surface area contributed by atoms with E-state index in [1.165, 1.54) is 0 Å². The zero-order valence-corrected chi connectivity index (χ0v) is 12.8. The van der Waals surface area contributed by atoms with Crippen molar-refractivity contribution in [3.8, 4) is 0 Å². The third kappa shape index (κ3) is 3.56. The number of carbonyl (C=O) groups is 1. The Labute approximate surface area is 131 Å². The highest BCUT2D eigenvalue weighted by Crippen LogP contribution is 2.21. The van der Waals surface area contributed by atoms with Crippen molar-refractivity contribution in [2.75, 3.05) is 31.2 Å². The van der Waals surface area contributed by atoms with E-state index in [-0.39, 0.29) is 18.0 Å². The van der Waals surface area contributed by atoms with Gasteiger partial charge in [0.25, 0.3) is 5.91 Å². The molecule has 6 nitrogen and oxygen atoms in total. The van der Waals surface area contributed by atoms with E-state index in [9.17, 15) is 4.79 Å². The fourth-order valence-electron chi connectivity index (χ4n) is 3.13. The van der Waals surface area contributed by atoms with Gasteiger partial charge in [0.05, 0.1) is 18.8 Å². The predicted molar refractivity (Wildman–Crippen MR) is 85.0 cm³/mol. The lowest BCUT2D eigenvalue weighted by molar-refractivity contribution is 0.0924. The molecule has 22 heavy (non-hydrogen) atoms. The van der Waals surface area contributed by atoms with Gasteiger partial charge in [-0.1, -0.05) is 0 Å². The number of carbonyl (C=O) groups excluding carboxylic acids is 1. The van der Waals surface area contributed by atoms with Gasteiger partial charge in [0.1, 0.15) is 5.82 Å². The molecule has 2 aliphatic rings. The number of hydrogen-bond donors (Lipinski definition) is 2. The highest BCUT2D eigenvalue weighted by atomic mass is 16.5. The fraction of sp³-hybridized carbons (Fsp3) is 0.625. The highest BCUT2D eigenvalue weighted by Gasteiger charge is 2.24. The summed E-state index contributed by atoms with van der Waals surface area (Å²) in [4.78, 5) is 19.2. The minimum atomic E-state index is -0.0323. The second kappa shape index (κ2) is 7.07. The molecule has 1 saturated carbocycles. The lowest BCUT2D eigenvalue weighted by Gasteiger charge is -2.30. The topological polar surface area (TPSA) is 80.5 Å². The summed E-state index contributed by atoms with van der Waals surface area (Å²) >= 11 is 0. The van der Waals surface area contributed by atoms with Gasteiger partial charge in [-0.2, -0.15) is 0 Å². The molecule has 0 spiro atoms. The van der Waals surface area contributed by atoms with Crippen LogP contribution in [0.3, 0.4) is 0 Å². The first-order valence-corrected chi connectivity index (χ1v) is 8.08. The van der Waals surface area contributed by atoms with Gasteiger partial charge < -0.3 is 20.7 Å². The molecule has 0 aromatic carbocycles. The number of amides is 1. The standard InChI is InChI=1S/C16H24N4O2/c17-12-3-5-13(6-4-12)19-16(21)14-2-1-7-18-15(14)20-8-10-22-11-9-20/h1-2,7,12-13H,3-6,8-11,17H2,(H,19,21). The Hall–Kier alpha value is -1.66. The Bertz CT molecular complexity index is 509. The maximum atomic E-state index is 12.6. The van der Waals surface area contributed by atoms with Crippen LogP contribution in [0.2, 0.25) is 0 Å². The molecule has 2 fully saturated rings. The number of nitrogens with one attached hydrogen (secondary N) is 1. The molecular weight excluding hydrogens is 280 g/mol. The number of rotatable bonds is 3. The number of pyridine rings is 1. The van der Waals surface area contributed by atoms with E-state index >= 15 is 0 Å². The average molecular weight is 304 g/mol. The summed E-state index contributed by atoms with van der Waals surface area (Å²) in [6, 6.07) is 4.18. The van der Waals surface area contributed by atoms with Crippen LogP contribution in [0.5, 0.6) is 0 Å². The van der Waals surface area contributed by atoms with Crippen LogP contribution in [0.4, 0.5) is 5.82 Å². The van der Waals surface area contributed by atoms with Gasteiger partial charge in [0.15, 0.2) is 0 Å². The second-order valence-electron chi connectivity index (χ2n) is 6.06. The van der Waals surface area contributed by atoms with E-state index in [0.717, 1.165) is 44.6 Å². The molecule has 0 radical (unpaired) electrons. The minimum absolute atomic E-state index is 0.0323. The number of morpholine rings is 1. The molecule has 0 unspecified atom stereocenters. The van der Waals surface area contributed by atoms with Crippen molar-refractivity contribution in [2.45, 2.75) is 37.8 Å². The van der Waals surface area contributed by atoms with Gasteiger partial charge in [0, 0.05) is 31.4 Å². The van der Waals surface area contributed by atoms with Crippen molar-refractivity contribution in [1.29, 1.82) is 0 Å².